The van der Waals surface area contributed by atoms with Crippen molar-refractivity contribution in [3.63, 3.8) is 0 Å². The molecule has 0 unspecified atom stereocenters. The van der Waals surface area contributed by atoms with Gasteiger partial charge in [0.15, 0.2) is 17.4 Å². The van der Waals surface area contributed by atoms with Crippen molar-refractivity contribution in [1.29, 1.82) is 0 Å². The molecule has 8 nitrogen and oxygen atoms in total. The van der Waals surface area contributed by atoms with Crippen molar-refractivity contribution < 1.29 is 24.2 Å². The normalized spacial score (nSPS) is 18.0. The summed E-state index contributed by atoms with van der Waals surface area (Å²) in [6.07, 6.45) is 0.766. The van der Waals surface area contributed by atoms with E-state index in [9.17, 15) is 14.7 Å². The number of hydrogen-bond acceptors (Lipinski definition) is 6. The van der Waals surface area contributed by atoms with Crippen LogP contribution >= 0.6 is 0 Å². The van der Waals surface area contributed by atoms with Crippen molar-refractivity contribution in [2.75, 3.05) is 25.2 Å². The molecule has 1 amide bonds. The topological polar surface area (TPSA) is 93.9 Å². The molecule has 1 N–H and O–H groups in total. The molecule has 2 aromatic carbocycles. The summed E-state index contributed by atoms with van der Waals surface area (Å²) in [5.41, 5.74) is 2.18. The number of aromatic hydroxyl groups is 1. The number of hydrogen-bond donors (Lipinski definition) is 1. The Morgan fingerprint density at radius 3 is 2.67 bits per heavy atom. The number of esters is 1. The summed E-state index contributed by atoms with van der Waals surface area (Å²) >= 11 is 0. The smallest absolute Gasteiger partial charge is 0.321 e. The Labute approximate surface area is 192 Å². The van der Waals surface area contributed by atoms with Gasteiger partial charge in [-0.25, -0.2) is 4.98 Å². The molecule has 8 heteroatoms. The molecule has 0 fully saturated rings. The Morgan fingerprint density at radius 2 is 1.97 bits per heavy atom. The van der Waals surface area contributed by atoms with Gasteiger partial charge in [-0.15, -0.1) is 0 Å². The highest BCUT2D eigenvalue weighted by Crippen LogP contribution is 2.43. The highest BCUT2D eigenvalue weighted by atomic mass is 16.5. The number of carbonyl (C=O) groups excluding carboxylic acids is 2. The standard InChI is InChI=1S/C25H29N3O5/c1-5-33-24(31)21-22(16-10-11-19(29)20(14-16)32-4)28-18-9-7-6-8-17(18)26-25(28)27(23(21)30)13-12-15(2)3/h6-11,14-15,21-22,29H,5,12-13H2,1-4H3/t21-,22-/m1/s1. The zero-order valence-corrected chi connectivity index (χ0v) is 19.3. The van der Waals surface area contributed by atoms with E-state index in [1.807, 2.05) is 28.8 Å². The number of aromatic nitrogens is 2. The van der Waals surface area contributed by atoms with Crippen molar-refractivity contribution in [1.82, 2.24) is 9.55 Å². The molecule has 2 atom stereocenters. The van der Waals surface area contributed by atoms with E-state index in [1.165, 1.54) is 13.2 Å². The molecule has 3 aromatic rings. The van der Waals surface area contributed by atoms with Crippen LogP contribution in [0.4, 0.5) is 5.95 Å². The number of carbonyl (C=O) groups is 2. The van der Waals surface area contributed by atoms with E-state index in [4.69, 9.17) is 14.5 Å². The van der Waals surface area contributed by atoms with E-state index in [0.717, 1.165) is 17.5 Å². The maximum atomic E-state index is 13.8. The summed E-state index contributed by atoms with van der Waals surface area (Å²) in [7, 11) is 1.46. The van der Waals surface area contributed by atoms with Crippen LogP contribution < -0.4 is 9.64 Å². The van der Waals surface area contributed by atoms with Gasteiger partial charge in [0.05, 0.1) is 30.8 Å². The van der Waals surface area contributed by atoms with E-state index in [0.29, 0.717) is 24.0 Å². The second kappa shape index (κ2) is 9.13. The summed E-state index contributed by atoms with van der Waals surface area (Å²) in [5.74, 6) is -0.917. The van der Waals surface area contributed by atoms with Crippen LogP contribution in [0.5, 0.6) is 11.5 Å². The fraction of sp³-hybridized carbons (Fsp3) is 0.400. The van der Waals surface area contributed by atoms with E-state index >= 15 is 0 Å². The van der Waals surface area contributed by atoms with Crippen molar-refractivity contribution in [2.45, 2.75) is 33.2 Å². The van der Waals surface area contributed by atoms with Gasteiger partial charge in [0.2, 0.25) is 11.9 Å². The van der Waals surface area contributed by atoms with Crippen molar-refractivity contribution >= 4 is 28.9 Å². The SMILES string of the molecule is CCOC(=O)[C@H]1C(=O)N(CCC(C)C)c2nc3ccccc3n2[C@@H]1c1ccc(O)c(OC)c1. The molecular weight excluding hydrogens is 422 g/mol. The van der Waals surface area contributed by atoms with E-state index in [1.54, 1.807) is 24.0 Å². The monoisotopic (exact) mass is 451 g/mol. The third kappa shape index (κ3) is 4.01. The van der Waals surface area contributed by atoms with Crippen LogP contribution in [0.25, 0.3) is 11.0 Å². The lowest BCUT2D eigenvalue weighted by Gasteiger charge is -2.38. The first-order valence-corrected chi connectivity index (χ1v) is 11.2. The summed E-state index contributed by atoms with van der Waals surface area (Å²) in [5, 5.41) is 10.1. The molecule has 33 heavy (non-hydrogen) atoms. The molecule has 0 radical (unpaired) electrons. The highest BCUT2D eigenvalue weighted by Gasteiger charge is 2.47. The zero-order chi connectivity index (χ0) is 23.7. The number of imidazole rings is 1. The second-order valence-electron chi connectivity index (χ2n) is 8.55. The Hall–Kier alpha value is -3.55. The fourth-order valence-corrected chi connectivity index (χ4v) is 4.33. The molecule has 0 saturated carbocycles. The van der Waals surface area contributed by atoms with Crippen LogP contribution in [-0.2, 0) is 14.3 Å². The molecule has 0 saturated heterocycles. The van der Waals surface area contributed by atoms with Gasteiger partial charge in [-0.05, 0) is 49.1 Å². The summed E-state index contributed by atoms with van der Waals surface area (Å²) in [4.78, 5) is 33.4. The first kappa shape index (κ1) is 22.6. The molecule has 4 rings (SSSR count). The maximum absolute atomic E-state index is 13.8. The van der Waals surface area contributed by atoms with E-state index in [2.05, 4.69) is 13.8 Å². The number of nitrogens with zero attached hydrogens (tertiary/aromatic N) is 3. The number of rotatable bonds is 7. The second-order valence-corrected chi connectivity index (χ2v) is 8.55. The van der Waals surface area contributed by atoms with Crippen molar-refractivity contribution in [2.24, 2.45) is 11.8 Å². The average Bonchev–Trinajstić information content (AvgIpc) is 3.17. The van der Waals surface area contributed by atoms with Gasteiger partial charge in [-0.1, -0.05) is 32.0 Å². The average molecular weight is 452 g/mol. The minimum Gasteiger partial charge on any atom is -0.504 e. The van der Waals surface area contributed by atoms with Crippen LogP contribution in [-0.4, -0.2) is 46.8 Å². The van der Waals surface area contributed by atoms with E-state index in [-0.39, 0.29) is 24.0 Å². The first-order chi connectivity index (χ1) is 15.9. The first-order valence-electron chi connectivity index (χ1n) is 11.2. The van der Waals surface area contributed by atoms with Gasteiger partial charge in [0.25, 0.3) is 0 Å². The third-order valence-electron chi connectivity index (χ3n) is 5.96. The van der Waals surface area contributed by atoms with E-state index < -0.39 is 17.9 Å². The predicted molar refractivity (Wildman–Crippen MR) is 124 cm³/mol. The number of methoxy groups -OCH3 is 1. The number of para-hydroxylation sites is 2. The van der Waals surface area contributed by atoms with Crippen LogP contribution in [0.3, 0.4) is 0 Å². The van der Waals surface area contributed by atoms with Crippen LogP contribution in [0.1, 0.15) is 38.8 Å². The Kier molecular flexibility index (Phi) is 6.26. The zero-order valence-electron chi connectivity index (χ0n) is 19.3. The maximum Gasteiger partial charge on any atom is 0.321 e. The molecule has 2 heterocycles. The minimum absolute atomic E-state index is 0.0228. The predicted octanol–water partition coefficient (Wildman–Crippen LogP) is 3.91. The molecule has 0 spiro atoms. The summed E-state index contributed by atoms with van der Waals surface area (Å²) in [6.45, 7) is 6.51. The molecule has 1 aliphatic rings. The van der Waals surface area contributed by atoms with Crippen molar-refractivity contribution in [3.8, 4) is 11.5 Å². The molecule has 174 valence electrons. The number of anilines is 1. The minimum atomic E-state index is -1.10. The number of phenols is 1. The summed E-state index contributed by atoms with van der Waals surface area (Å²) < 4.78 is 12.6. The van der Waals surface area contributed by atoms with Gasteiger partial charge in [0, 0.05) is 6.54 Å². The Bertz CT molecular complexity index is 1190. The Morgan fingerprint density at radius 1 is 1.21 bits per heavy atom. The van der Waals surface area contributed by atoms with Gasteiger partial charge >= 0.3 is 5.97 Å². The number of ether oxygens (including phenoxy) is 2. The molecule has 0 bridgehead atoms. The summed E-state index contributed by atoms with van der Waals surface area (Å²) in [6, 6.07) is 11.8. The van der Waals surface area contributed by atoms with Gasteiger partial charge in [-0.3, -0.25) is 14.5 Å². The van der Waals surface area contributed by atoms with Crippen LogP contribution in [0, 0.1) is 11.8 Å². The number of fused-ring (bicyclic) bond motifs is 3. The van der Waals surface area contributed by atoms with Crippen LogP contribution in [0.15, 0.2) is 42.5 Å². The quantitative estimate of drug-likeness (QED) is 0.432. The van der Waals surface area contributed by atoms with Gasteiger partial charge < -0.3 is 19.1 Å². The molecule has 0 aliphatic carbocycles. The molecular formula is C25H29N3O5. The number of amides is 1. The fourth-order valence-electron chi connectivity index (χ4n) is 4.33. The lowest BCUT2D eigenvalue weighted by Crippen LogP contribution is -2.50. The molecule has 1 aromatic heterocycles. The number of phenolic OH excluding ortho intramolecular Hbond substituents is 1. The molecule has 1 aliphatic heterocycles. The lowest BCUT2D eigenvalue weighted by atomic mass is 9.89. The van der Waals surface area contributed by atoms with Crippen molar-refractivity contribution in [3.05, 3.63) is 48.0 Å². The Balaban J connectivity index is 1.98. The van der Waals surface area contributed by atoms with Gasteiger partial charge in [0.1, 0.15) is 0 Å². The third-order valence-corrected chi connectivity index (χ3v) is 5.96. The van der Waals surface area contributed by atoms with Gasteiger partial charge in [-0.2, -0.15) is 0 Å². The van der Waals surface area contributed by atoms with Crippen LogP contribution in [0.2, 0.25) is 0 Å². The highest BCUT2D eigenvalue weighted by molar-refractivity contribution is 6.08. The number of benzene rings is 2. The lowest BCUT2D eigenvalue weighted by molar-refractivity contribution is -0.153. The largest absolute Gasteiger partial charge is 0.504 e.